The van der Waals surface area contributed by atoms with Gasteiger partial charge in [0.05, 0.1) is 5.56 Å². The van der Waals surface area contributed by atoms with Gasteiger partial charge >= 0.3 is 0 Å². The first-order valence-corrected chi connectivity index (χ1v) is 11.8. The fourth-order valence-electron chi connectivity index (χ4n) is 3.67. The number of aryl methyl sites for hydroxylation is 3. The van der Waals surface area contributed by atoms with E-state index in [2.05, 4.69) is 68.7 Å². The zero-order chi connectivity index (χ0) is 23.6. The molecule has 0 nitrogen and oxygen atoms in total. The molecule has 0 unspecified atom stereocenters. The van der Waals surface area contributed by atoms with Gasteiger partial charge in [-0.25, -0.2) is 8.78 Å². The Kier molecular flexibility index (Phi) is 8.86. The molecule has 0 N–H and O–H groups in total. The zero-order valence-corrected chi connectivity index (χ0v) is 19.7. The maximum Gasteiger partial charge on any atom is 0.142 e. The topological polar surface area (TPSA) is 0 Å². The van der Waals surface area contributed by atoms with Gasteiger partial charge in [0.2, 0.25) is 0 Å². The molecule has 0 atom stereocenters. The van der Waals surface area contributed by atoms with Gasteiger partial charge < -0.3 is 0 Å². The Morgan fingerprint density at radius 1 is 0.636 bits per heavy atom. The van der Waals surface area contributed by atoms with E-state index in [4.69, 9.17) is 0 Å². The van der Waals surface area contributed by atoms with E-state index in [1.807, 2.05) is 18.2 Å². The lowest BCUT2D eigenvalue weighted by Crippen LogP contribution is -1.95. The van der Waals surface area contributed by atoms with Crippen molar-refractivity contribution in [1.82, 2.24) is 0 Å². The monoisotopic (exact) mass is 440 g/mol. The van der Waals surface area contributed by atoms with Crippen molar-refractivity contribution in [2.45, 2.75) is 59.3 Å². The Morgan fingerprint density at radius 3 is 1.94 bits per heavy atom. The van der Waals surface area contributed by atoms with Crippen LogP contribution in [0.3, 0.4) is 0 Å². The molecular formula is C31H30F2. The number of halogens is 2. The fraction of sp³-hybridized carbons (Fsp3) is 0.290. The van der Waals surface area contributed by atoms with Crippen LogP contribution in [0.5, 0.6) is 0 Å². The minimum absolute atomic E-state index is 0.177. The third-order valence-corrected chi connectivity index (χ3v) is 5.57. The first-order chi connectivity index (χ1) is 16.0. The van der Waals surface area contributed by atoms with Crippen LogP contribution in [0.15, 0.2) is 54.6 Å². The number of benzene rings is 3. The zero-order valence-electron chi connectivity index (χ0n) is 19.7. The van der Waals surface area contributed by atoms with E-state index in [-0.39, 0.29) is 5.56 Å². The first-order valence-electron chi connectivity index (χ1n) is 11.8. The van der Waals surface area contributed by atoms with Gasteiger partial charge in [-0.15, -0.1) is 0 Å². The van der Waals surface area contributed by atoms with Gasteiger partial charge in [-0.3, -0.25) is 0 Å². The second kappa shape index (κ2) is 12.0. The van der Waals surface area contributed by atoms with Gasteiger partial charge in [-0.1, -0.05) is 69.4 Å². The second-order valence-electron chi connectivity index (χ2n) is 8.21. The quantitative estimate of drug-likeness (QED) is 0.346. The highest BCUT2D eigenvalue weighted by Gasteiger charge is 2.09. The Labute approximate surface area is 197 Å². The number of rotatable bonds is 6. The van der Waals surface area contributed by atoms with Crippen LogP contribution in [-0.4, -0.2) is 0 Å². The van der Waals surface area contributed by atoms with Crippen LogP contribution in [0.4, 0.5) is 8.78 Å². The van der Waals surface area contributed by atoms with Crippen molar-refractivity contribution in [1.29, 1.82) is 0 Å². The summed E-state index contributed by atoms with van der Waals surface area (Å²) in [5.74, 6) is 10.9. The van der Waals surface area contributed by atoms with Gasteiger partial charge in [0.25, 0.3) is 0 Å². The predicted molar refractivity (Wildman–Crippen MR) is 133 cm³/mol. The van der Waals surface area contributed by atoms with E-state index in [0.29, 0.717) is 12.0 Å². The van der Waals surface area contributed by atoms with Crippen LogP contribution in [-0.2, 0) is 19.3 Å². The highest BCUT2D eigenvalue weighted by molar-refractivity contribution is 5.52. The van der Waals surface area contributed by atoms with E-state index in [1.165, 1.54) is 17.7 Å². The second-order valence-corrected chi connectivity index (χ2v) is 8.21. The van der Waals surface area contributed by atoms with Crippen molar-refractivity contribution < 1.29 is 8.78 Å². The smallest absolute Gasteiger partial charge is 0.142 e. The third kappa shape index (κ3) is 6.81. The van der Waals surface area contributed by atoms with E-state index in [9.17, 15) is 8.78 Å². The molecule has 0 saturated heterocycles. The van der Waals surface area contributed by atoms with Crippen LogP contribution in [0.1, 0.15) is 79.0 Å². The summed E-state index contributed by atoms with van der Waals surface area (Å²) in [5, 5.41) is 0. The minimum Gasteiger partial charge on any atom is -0.206 e. The summed E-state index contributed by atoms with van der Waals surface area (Å²) in [7, 11) is 0. The van der Waals surface area contributed by atoms with Crippen LogP contribution in [0, 0.1) is 35.3 Å². The van der Waals surface area contributed by atoms with Gasteiger partial charge in [0.15, 0.2) is 0 Å². The molecule has 0 fully saturated rings. The third-order valence-electron chi connectivity index (χ3n) is 5.57. The Balaban J connectivity index is 1.81. The summed E-state index contributed by atoms with van der Waals surface area (Å²) >= 11 is 0. The van der Waals surface area contributed by atoms with Crippen LogP contribution in [0.2, 0.25) is 0 Å². The molecule has 0 aliphatic carbocycles. The average Bonchev–Trinajstić information content (AvgIpc) is 2.82. The molecule has 0 radical (unpaired) electrons. The van der Waals surface area contributed by atoms with Gasteiger partial charge in [-0.05, 0) is 84.8 Å². The molecular weight excluding hydrogens is 410 g/mol. The Bertz CT molecular complexity index is 1190. The van der Waals surface area contributed by atoms with Gasteiger partial charge in [-0.2, -0.15) is 0 Å². The molecule has 0 heterocycles. The number of unbranched alkanes of at least 4 members (excludes halogenated alkanes) is 1. The standard InChI is InChI=1S/C31H30F2/c1-4-7-9-26-21-30(32)29(31(33)22-26)19-16-25-15-18-28(27(6-3)20-25)17-14-24-12-10-23(8-5-2)11-13-24/h10-13,15,18,20-22H,4-9H2,1-3H3. The van der Waals surface area contributed by atoms with Gasteiger partial charge in [0, 0.05) is 16.7 Å². The van der Waals surface area contributed by atoms with Crippen molar-refractivity contribution in [2.24, 2.45) is 0 Å². The molecule has 3 aromatic carbocycles. The summed E-state index contributed by atoms with van der Waals surface area (Å²) < 4.78 is 28.8. The molecule has 3 aromatic rings. The first kappa shape index (κ1) is 24.3. The van der Waals surface area contributed by atoms with Crippen molar-refractivity contribution in [2.75, 3.05) is 0 Å². The maximum atomic E-state index is 14.4. The molecule has 3 rings (SSSR count). The van der Waals surface area contributed by atoms with E-state index in [1.54, 1.807) is 0 Å². The van der Waals surface area contributed by atoms with Gasteiger partial charge in [0.1, 0.15) is 11.6 Å². The summed E-state index contributed by atoms with van der Waals surface area (Å²) in [5.41, 5.74) is 5.52. The Morgan fingerprint density at radius 2 is 1.30 bits per heavy atom. The SMILES string of the molecule is CCCCc1cc(F)c(C#Cc2ccc(C#Cc3ccc(CCC)cc3)c(CC)c2)c(F)c1. The summed E-state index contributed by atoms with van der Waals surface area (Å²) in [6.45, 7) is 6.29. The lowest BCUT2D eigenvalue weighted by molar-refractivity contribution is 0.572. The molecule has 0 aromatic heterocycles. The minimum atomic E-state index is -0.600. The van der Waals surface area contributed by atoms with Crippen molar-refractivity contribution in [3.8, 4) is 23.7 Å². The number of hydrogen-bond acceptors (Lipinski definition) is 0. The highest BCUT2D eigenvalue weighted by Crippen LogP contribution is 2.17. The molecule has 0 saturated carbocycles. The maximum absolute atomic E-state index is 14.4. The van der Waals surface area contributed by atoms with Crippen LogP contribution < -0.4 is 0 Å². The highest BCUT2D eigenvalue weighted by atomic mass is 19.1. The molecule has 0 aliphatic rings. The molecule has 0 amide bonds. The lowest BCUT2D eigenvalue weighted by Gasteiger charge is -2.04. The fourth-order valence-corrected chi connectivity index (χ4v) is 3.67. The van der Waals surface area contributed by atoms with Crippen molar-refractivity contribution in [3.05, 3.63) is 105 Å². The normalized spacial score (nSPS) is 10.2. The molecule has 33 heavy (non-hydrogen) atoms. The average molecular weight is 441 g/mol. The van der Waals surface area contributed by atoms with Crippen LogP contribution >= 0.6 is 0 Å². The lowest BCUT2D eigenvalue weighted by atomic mass is 10.0. The summed E-state index contributed by atoms with van der Waals surface area (Å²) in [6.07, 6.45) is 5.56. The summed E-state index contributed by atoms with van der Waals surface area (Å²) in [4.78, 5) is 0. The molecule has 0 bridgehead atoms. The molecule has 168 valence electrons. The largest absolute Gasteiger partial charge is 0.206 e. The van der Waals surface area contributed by atoms with Crippen LogP contribution in [0.25, 0.3) is 0 Å². The van der Waals surface area contributed by atoms with Crippen molar-refractivity contribution in [3.63, 3.8) is 0 Å². The van der Waals surface area contributed by atoms with E-state index in [0.717, 1.165) is 54.4 Å². The molecule has 2 heteroatoms. The molecule has 0 spiro atoms. The number of hydrogen-bond donors (Lipinski definition) is 0. The molecule has 0 aliphatic heterocycles. The predicted octanol–water partition coefficient (Wildman–Crippen LogP) is 7.62. The van der Waals surface area contributed by atoms with E-state index < -0.39 is 11.6 Å². The van der Waals surface area contributed by atoms with E-state index >= 15 is 0 Å². The Hall–Kier alpha value is -3.36. The van der Waals surface area contributed by atoms with Crippen molar-refractivity contribution >= 4 is 0 Å². The summed E-state index contributed by atoms with van der Waals surface area (Å²) in [6, 6.07) is 16.9.